The largest absolute Gasteiger partial charge is 0.354 e. The first-order valence-electron chi connectivity index (χ1n) is 8.63. The molecular weight excluding hydrogens is 260 g/mol. The molecule has 2 heterocycles. The first-order chi connectivity index (χ1) is 10.3. The van der Waals surface area contributed by atoms with Crippen molar-refractivity contribution >= 4 is 11.8 Å². The van der Waals surface area contributed by atoms with Gasteiger partial charge in [0, 0.05) is 30.9 Å². The van der Waals surface area contributed by atoms with Gasteiger partial charge in [0.1, 0.15) is 5.82 Å². The molecular formula is C17H28N4. The Labute approximate surface area is 128 Å². The predicted octanol–water partition coefficient (Wildman–Crippen LogP) is 3.77. The number of fused-ring (bicyclic) bond motifs is 1. The van der Waals surface area contributed by atoms with Crippen LogP contribution >= 0.6 is 0 Å². The van der Waals surface area contributed by atoms with Gasteiger partial charge in [-0.2, -0.15) is 4.98 Å². The molecule has 0 spiro atoms. The highest BCUT2D eigenvalue weighted by atomic mass is 15.3. The van der Waals surface area contributed by atoms with Crippen LogP contribution in [-0.2, 0) is 0 Å². The predicted molar refractivity (Wildman–Crippen MR) is 87.9 cm³/mol. The lowest BCUT2D eigenvalue weighted by molar-refractivity contribution is 0.242. The van der Waals surface area contributed by atoms with Crippen molar-refractivity contribution in [2.24, 2.45) is 5.92 Å². The number of nitrogens with one attached hydrogen (secondary N) is 1. The third-order valence-electron chi connectivity index (χ3n) is 4.99. The van der Waals surface area contributed by atoms with Gasteiger partial charge in [0.2, 0.25) is 5.95 Å². The number of aryl methyl sites for hydroxylation is 1. The van der Waals surface area contributed by atoms with Gasteiger partial charge in [0.15, 0.2) is 0 Å². The lowest BCUT2D eigenvalue weighted by Crippen LogP contribution is -2.47. The molecule has 1 aliphatic heterocycles. The van der Waals surface area contributed by atoms with Gasteiger partial charge in [-0.05, 0) is 44.9 Å². The van der Waals surface area contributed by atoms with Crippen LogP contribution in [0.15, 0.2) is 6.20 Å². The van der Waals surface area contributed by atoms with Crippen LogP contribution in [0.5, 0.6) is 0 Å². The Bertz CT molecular complexity index is 472. The van der Waals surface area contributed by atoms with E-state index < -0.39 is 0 Å². The van der Waals surface area contributed by atoms with E-state index in [2.05, 4.69) is 29.0 Å². The zero-order valence-corrected chi connectivity index (χ0v) is 13.4. The Kier molecular flexibility index (Phi) is 4.61. The van der Waals surface area contributed by atoms with Gasteiger partial charge in [-0.25, -0.2) is 4.98 Å². The lowest BCUT2D eigenvalue weighted by atomic mass is 9.78. The maximum atomic E-state index is 4.83. The summed E-state index contributed by atoms with van der Waals surface area (Å²) in [7, 11) is 0. The summed E-state index contributed by atoms with van der Waals surface area (Å²) in [5, 5.41) is 3.32. The van der Waals surface area contributed by atoms with Crippen LogP contribution in [0.2, 0.25) is 0 Å². The van der Waals surface area contributed by atoms with Crippen LogP contribution in [0, 0.1) is 12.8 Å². The Balaban J connectivity index is 1.83. The highest BCUT2D eigenvalue weighted by molar-refractivity contribution is 5.50. The summed E-state index contributed by atoms with van der Waals surface area (Å²) in [5.41, 5.74) is 1.21. The van der Waals surface area contributed by atoms with Crippen LogP contribution < -0.4 is 10.2 Å². The molecule has 0 aromatic carbocycles. The van der Waals surface area contributed by atoms with E-state index in [9.17, 15) is 0 Å². The van der Waals surface area contributed by atoms with E-state index in [1.807, 2.05) is 6.20 Å². The van der Waals surface area contributed by atoms with E-state index in [0.717, 1.165) is 31.4 Å². The summed E-state index contributed by atoms with van der Waals surface area (Å²) in [6, 6.07) is 0.708. The Morgan fingerprint density at radius 1 is 1.24 bits per heavy atom. The minimum absolute atomic E-state index is 0.708. The molecule has 1 aliphatic carbocycles. The number of rotatable bonds is 4. The van der Waals surface area contributed by atoms with E-state index in [1.165, 1.54) is 49.9 Å². The van der Waals surface area contributed by atoms with E-state index >= 15 is 0 Å². The monoisotopic (exact) mass is 288 g/mol. The van der Waals surface area contributed by atoms with E-state index in [0.29, 0.717) is 6.04 Å². The smallest absolute Gasteiger partial charge is 0.224 e. The molecule has 4 heteroatoms. The van der Waals surface area contributed by atoms with Crippen LogP contribution in [0.4, 0.5) is 11.8 Å². The molecule has 2 atom stereocenters. The van der Waals surface area contributed by atoms with Gasteiger partial charge in [0.05, 0.1) is 0 Å². The van der Waals surface area contributed by atoms with Crippen molar-refractivity contribution in [1.82, 2.24) is 9.97 Å². The van der Waals surface area contributed by atoms with Crippen molar-refractivity contribution in [3.05, 3.63) is 11.8 Å². The standard InChI is InChI=1S/C17H28N4/c1-3-10-18-17-19-12-13(2)16(20-17)21-11-6-8-14-7-4-5-9-15(14)21/h12,14-15H,3-11H2,1-2H3,(H,18,19,20)/t14-,15-/m1/s1. The van der Waals surface area contributed by atoms with Crippen molar-refractivity contribution in [3.8, 4) is 0 Å². The minimum atomic E-state index is 0.708. The summed E-state index contributed by atoms with van der Waals surface area (Å²) in [5.74, 6) is 2.84. The highest BCUT2D eigenvalue weighted by Crippen LogP contribution is 2.38. The fourth-order valence-electron chi connectivity index (χ4n) is 3.93. The molecule has 4 nitrogen and oxygen atoms in total. The Morgan fingerprint density at radius 2 is 2.05 bits per heavy atom. The quantitative estimate of drug-likeness (QED) is 0.915. The highest BCUT2D eigenvalue weighted by Gasteiger charge is 2.34. The van der Waals surface area contributed by atoms with Gasteiger partial charge >= 0.3 is 0 Å². The third kappa shape index (κ3) is 3.14. The molecule has 0 unspecified atom stereocenters. The third-order valence-corrected chi connectivity index (χ3v) is 4.99. The summed E-state index contributed by atoms with van der Waals surface area (Å²) >= 11 is 0. The van der Waals surface area contributed by atoms with Crippen molar-refractivity contribution in [2.75, 3.05) is 23.3 Å². The normalized spacial score (nSPS) is 25.5. The van der Waals surface area contributed by atoms with E-state index in [1.54, 1.807) is 0 Å². The molecule has 2 fully saturated rings. The average Bonchev–Trinajstić information content (AvgIpc) is 2.54. The minimum Gasteiger partial charge on any atom is -0.354 e. The number of aromatic nitrogens is 2. The molecule has 0 bridgehead atoms. The van der Waals surface area contributed by atoms with Crippen molar-refractivity contribution in [3.63, 3.8) is 0 Å². The molecule has 0 amide bonds. The first kappa shape index (κ1) is 14.6. The maximum absolute atomic E-state index is 4.83. The molecule has 1 aromatic heterocycles. The topological polar surface area (TPSA) is 41.1 Å². The zero-order valence-electron chi connectivity index (χ0n) is 13.4. The molecule has 1 saturated carbocycles. The SMILES string of the molecule is CCCNc1ncc(C)c(N2CCC[C@H]3CCCC[C@H]32)n1. The lowest BCUT2D eigenvalue weighted by Gasteiger charge is -2.45. The van der Waals surface area contributed by atoms with Gasteiger partial charge in [-0.1, -0.05) is 19.8 Å². The maximum Gasteiger partial charge on any atom is 0.224 e. The van der Waals surface area contributed by atoms with Crippen LogP contribution in [0.1, 0.15) is 57.4 Å². The number of nitrogens with zero attached hydrogens (tertiary/aromatic N) is 3. The second kappa shape index (κ2) is 6.63. The Hall–Kier alpha value is -1.32. The number of anilines is 2. The average molecular weight is 288 g/mol. The second-order valence-electron chi connectivity index (χ2n) is 6.57. The van der Waals surface area contributed by atoms with Crippen LogP contribution in [0.3, 0.4) is 0 Å². The summed E-state index contributed by atoms with van der Waals surface area (Å²) in [6.45, 7) is 6.41. The van der Waals surface area contributed by atoms with Gasteiger partial charge in [-0.15, -0.1) is 0 Å². The zero-order chi connectivity index (χ0) is 14.7. The van der Waals surface area contributed by atoms with Crippen molar-refractivity contribution in [2.45, 2.75) is 64.8 Å². The number of hydrogen-bond donors (Lipinski definition) is 1. The van der Waals surface area contributed by atoms with Crippen LogP contribution in [-0.4, -0.2) is 29.1 Å². The summed E-state index contributed by atoms with van der Waals surface area (Å²) < 4.78 is 0. The van der Waals surface area contributed by atoms with Crippen molar-refractivity contribution in [1.29, 1.82) is 0 Å². The first-order valence-corrected chi connectivity index (χ1v) is 8.63. The number of piperidine rings is 1. The molecule has 21 heavy (non-hydrogen) atoms. The van der Waals surface area contributed by atoms with Crippen LogP contribution in [0.25, 0.3) is 0 Å². The molecule has 3 rings (SSSR count). The van der Waals surface area contributed by atoms with Gasteiger partial charge < -0.3 is 10.2 Å². The molecule has 116 valence electrons. The fourth-order valence-corrected chi connectivity index (χ4v) is 3.93. The van der Waals surface area contributed by atoms with E-state index in [-0.39, 0.29) is 0 Å². The molecule has 1 aromatic rings. The summed E-state index contributed by atoms with van der Waals surface area (Å²) in [4.78, 5) is 11.8. The summed E-state index contributed by atoms with van der Waals surface area (Å²) in [6.07, 6.45) is 11.3. The second-order valence-corrected chi connectivity index (χ2v) is 6.57. The molecule has 2 aliphatic rings. The molecule has 0 radical (unpaired) electrons. The van der Waals surface area contributed by atoms with Crippen molar-refractivity contribution < 1.29 is 0 Å². The molecule has 1 N–H and O–H groups in total. The van der Waals surface area contributed by atoms with Gasteiger partial charge in [-0.3, -0.25) is 0 Å². The van der Waals surface area contributed by atoms with Gasteiger partial charge in [0.25, 0.3) is 0 Å². The molecule has 1 saturated heterocycles. The fraction of sp³-hybridized carbons (Fsp3) is 0.765. The Morgan fingerprint density at radius 3 is 2.90 bits per heavy atom. The van der Waals surface area contributed by atoms with E-state index in [4.69, 9.17) is 4.98 Å². The number of hydrogen-bond acceptors (Lipinski definition) is 4.